The fourth-order valence-corrected chi connectivity index (χ4v) is 3.71. The van der Waals surface area contributed by atoms with Gasteiger partial charge in [-0.1, -0.05) is 15.9 Å². The number of aromatic nitrogens is 2. The zero-order valence-corrected chi connectivity index (χ0v) is 14.1. The third kappa shape index (κ3) is 2.58. The number of benzene rings is 1. The molecule has 0 amide bonds. The molecule has 0 unspecified atom stereocenters. The number of piperazine rings is 1. The van der Waals surface area contributed by atoms with Crippen molar-refractivity contribution >= 4 is 27.4 Å². The van der Waals surface area contributed by atoms with Crippen molar-refractivity contribution in [2.75, 3.05) is 36.0 Å². The number of rotatable bonds is 2. The van der Waals surface area contributed by atoms with E-state index in [1.807, 2.05) is 0 Å². The summed E-state index contributed by atoms with van der Waals surface area (Å²) in [5.41, 5.74) is 3.95. The monoisotopic (exact) mass is 358 g/mol. The van der Waals surface area contributed by atoms with Crippen LogP contribution in [-0.2, 0) is 12.8 Å². The van der Waals surface area contributed by atoms with Crippen LogP contribution in [0.3, 0.4) is 0 Å². The summed E-state index contributed by atoms with van der Waals surface area (Å²) < 4.78 is 1.13. The molecule has 4 rings (SSSR count). The molecule has 0 bridgehead atoms. The fourth-order valence-electron chi connectivity index (χ4n) is 3.44. The number of nitrogens with zero attached hydrogens (tertiary/aromatic N) is 4. The van der Waals surface area contributed by atoms with Crippen molar-refractivity contribution in [3.8, 4) is 0 Å². The van der Waals surface area contributed by atoms with Gasteiger partial charge < -0.3 is 9.80 Å². The lowest BCUT2D eigenvalue weighted by Crippen LogP contribution is -2.47. The van der Waals surface area contributed by atoms with E-state index in [2.05, 4.69) is 60.0 Å². The van der Waals surface area contributed by atoms with Gasteiger partial charge in [0.05, 0.1) is 0 Å². The number of aryl methyl sites for hydroxylation is 1. The highest BCUT2D eigenvalue weighted by atomic mass is 79.9. The highest BCUT2D eigenvalue weighted by Crippen LogP contribution is 2.29. The van der Waals surface area contributed by atoms with Crippen molar-refractivity contribution in [3.05, 3.63) is 46.3 Å². The van der Waals surface area contributed by atoms with Crippen molar-refractivity contribution in [1.82, 2.24) is 9.97 Å². The average Bonchev–Trinajstić information content (AvgIpc) is 3.04. The minimum atomic E-state index is 1.03. The molecule has 0 saturated carbocycles. The molecule has 0 N–H and O–H groups in total. The van der Waals surface area contributed by atoms with E-state index in [4.69, 9.17) is 0 Å². The molecule has 1 saturated heterocycles. The molecule has 1 aromatic heterocycles. The summed E-state index contributed by atoms with van der Waals surface area (Å²) in [4.78, 5) is 13.9. The smallest absolute Gasteiger partial charge is 0.135 e. The van der Waals surface area contributed by atoms with Crippen molar-refractivity contribution in [2.45, 2.75) is 19.3 Å². The summed E-state index contributed by atoms with van der Waals surface area (Å²) in [7, 11) is 0. The van der Waals surface area contributed by atoms with E-state index in [0.29, 0.717) is 0 Å². The highest BCUT2D eigenvalue weighted by molar-refractivity contribution is 9.10. The molecule has 1 aromatic carbocycles. The highest BCUT2D eigenvalue weighted by Gasteiger charge is 2.24. The first-order valence-corrected chi connectivity index (χ1v) is 8.69. The van der Waals surface area contributed by atoms with Crippen LogP contribution in [0.5, 0.6) is 0 Å². The van der Waals surface area contributed by atoms with Crippen molar-refractivity contribution in [3.63, 3.8) is 0 Å². The van der Waals surface area contributed by atoms with Crippen LogP contribution in [0.1, 0.15) is 17.7 Å². The van der Waals surface area contributed by atoms with Crippen LogP contribution >= 0.6 is 15.9 Å². The number of halogens is 1. The molecule has 22 heavy (non-hydrogen) atoms. The van der Waals surface area contributed by atoms with E-state index in [1.54, 1.807) is 6.33 Å². The second-order valence-electron chi connectivity index (χ2n) is 5.93. The van der Waals surface area contributed by atoms with Crippen LogP contribution in [0.4, 0.5) is 11.5 Å². The van der Waals surface area contributed by atoms with Gasteiger partial charge in [0.25, 0.3) is 0 Å². The molecule has 0 radical (unpaired) electrons. The predicted molar refractivity (Wildman–Crippen MR) is 92.6 cm³/mol. The SMILES string of the molecule is Brc1ccc(N2CCN(c3ncnc4c3CCC4)CC2)cc1. The fraction of sp³-hybridized carbons (Fsp3) is 0.412. The zero-order chi connectivity index (χ0) is 14.9. The summed E-state index contributed by atoms with van der Waals surface area (Å²) in [6, 6.07) is 8.59. The van der Waals surface area contributed by atoms with Gasteiger partial charge in [-0.2, -0.15) is 0 Å². The lowest BCUT2D eigenvalue weighted by Gasteiger charge is -2.37. The molecule has 0 spiro atoms. The minimum Gasteiger partial charge on any atom is -0.368 e. The average molecular weight is 359 g/mol. The van der Waals surface area contributed by atoms with E-state index in [0.717, 1.165) is 43.5 Å². The van der Waals surface area contributed by atoms with Crippen LogP contribution in [0, 0.1) is 0 Å². The Hall–Kier alpha value is -1.62. The lowest BCUT2D eigenvalue weighted by molar-refractivity contribution is 0.644. The molecule has 5 heteroatoms. The van der Waals surface area contributed by atoms with Crippen molar-refractivity contribution in [1.29, 1.82) is 0 Å². The summed E-state index contributed by atoms with van der Waals surface area (Å²) in [5, 5.41) is 0. The number of anilines is 2. The van der Waals surface area contributed by atoms with Crippen LogP contribution in [-0.4, -0.2) is 36.1 Å². The molecule has 2 aromatic rings. The maximum atomic E-state index is 4.57. The number of hydrogen-bond donors (Lipinski definition) is 0. The first-order chi connectivity index (χ1) is 10.8. The normalized spacial score (nSPS) is 17.7. The Balaban J connectivity index is 1.48. The van der Waals surface area contributed by atoms with E-state index < -0.39 is 0 Å². The molecule has 2 aliphatic rings. The molecular formula is C17H19BrN4. The van der Waals surface area contributed by atoms with Gasteiger partial charge in [0, 0.05) is 47.6 Å². The Morgan fingerprint density at radius 1 is 0.864 bits per heavy atom. The molecule has 1 aliphatic heterocycles. The summed E-state index contributed by atoms with van der Waals surface area (Å²) in [6.07, 6.45) is 5.21. The van der Waals surface area contributed by atoms with Gasteiger partial charge in [-0.3, -0.25) is 0 Å². The largest absolute Gasteiger partial charge is 0.368 e. The Kier molecular flexibility index (Phi) is 3.74. The Labute approximate surface area is 139 Å². The van der Waals surface area contributed by atoms with Gasteiger partial charge >= 0.3 is 0 Å². The number of hydrogen-bond acceptors (Lipinski definition) is 4. The zero-order valence-electron chi connectivity index (χ0n) is 12.5. The van der Waals surface area contributed by atoms with Crippen molar-refractivity contribution in [2.24, 2.45) is 0 Å². The van der Waals surface area contributed by atoms with Gasteiger partial charge in [0.2, 0.25) is 0 Å². The summed E-state index contributed by atoms with van der Waals surface area (Å²) in [5.74, 6) is 1.18. The third-order valence-corrected chi connectivity index (χ3v) is 5.15. The van der Waals surface area contributed by atoms with Crippen LogP contribution in [0.25, 0.3) is 0 Å². The number of fused-ring (bicyclic) bond motifs is 1. The Bertz CT molecular complexity index is 663. The summed E-state index contributed by atoms with van der Waals surface area (Å²) >= 11 is 3.50. The van der Waals surface area contributed by atoms with Crippen LogP contribution in [0.2, 0.25) is 0 Å². The Morgan fingerprint density at radius 3 is 2.36 bits per heavy atom. The molecule has 4 nitrogen and oxygen atoms in total. The second-order valence-corrected chi connectivity index (χ2v) is 6.84. The van der Waals surface area contributed by atoms with Gasteiger partial charge in [-0.05, 0) is 43.5 Å². The molecule has 1 fully saturated rings. The van der Waals surface area contributed by atoms with E-state index in [9.17, 15) is 0 Å². The van der Waals surface area contributed by atoms with Gasteiger partial charge in [-0.25, -0.2) is 9.97 Å². The first kappa shape index (κ1) is 14.0. The van der Waals surface area contributed by atoms with Crippen molar-refractivity contribution < 1.29 is 0 Å². The molecule has 2 heterocycles. The first-order valence-electron chi connectivity index (χ1n) is 7.89. The van der Waals surface area contributed by atoms with E-state index >= 15 is 0 Å². The topological polar surface area (TPSA) is 32.3 Å². The maximum absolute atomic E-state index is 4.57. The predicted octanol–water partition coefficient (Wildman–Crippen LogP) is 3.05. The quantitative estimate of drug-likeness (QED) is 0.825. The molecule has 1 aliphatic carbocycles. The Morgan fingerprint density at radius 2 is 1.59 bits per heavy atom. The van der Waals surface area contributed by atoms with Gasteiger partial charge in [0.15, 0.2) is 0 Å². The van der Waals surface area contributed by atoms with E-state index in [1.165, 1.54) is 29.2 Å². The third-order valence-electron chi connectivity index (χ3n) is 4.62. The second kappa shape index (κ2) is 5.88. The molecular weight excluding hydrogens is 340 g/mol. The summed E-state index contributed by atoms with van der Waals surface area (Å²) in [6.45, 7) is 4.14. The molecule has 114 valence electrons. The maximum Gasteiger partial charge on any atom is 0.135 e. The van der Waals surface area contributed by atoms with Crippen LogP contribution < -0.4 is 9.80 Å². The van der Waals surface area contributed by atoms with Crippen LogP contribution in [0.15, 0.2) is 35.1 Å². The van der Waals surface area contributed by atoms with E-state index in [-0.39, 0.29) is 0 Å². The van der Waals surface area contributed by atoms with Gasteiger partial charge in [-0.15, -0.1) is 0 Å². The molecule has 0 atom stereocenters. The van der Waals surface area contributed by atoms with Gasteiger partial charge in [0.1, 0.15) is 12.1 Å². The minimum absolute atomic E-state index is 1.03. The standard InChI is InChI=1S/C17H19BrN4/c18-13-4-6-14(7-5-13)21-8-10-22(11-9-21)17-15-2-1-3-16(15)19-12-20-17/h4-7,12H,1-3,8-11H2. The lowest BCUT2D eigenvalue weighted by atomic mass is 10.2.